The minimum Gasteiger partial charge on any atom is -0.481 e. The van der Waals surface area contributed by atoms with Gasteiger partial charge in [-0.25, -0.2) is 17.6 Å². The van der Waals surface area contributed by atoms with E-state index in [-0.39, 0.29) is 0 Å². The Kier molecular flexibility index (Phi) is 7.36. The number of hydrogen-bond acceptors (Lipinski definition) is 1. The standard InChI is InChI=1S/C14H3F19O/c15-3-2(11(25,26)27)4(16)6(18)7(5(3)17)34-1-9(21,22)12(28,29)14(32,33)13(30,31)10(23,24)8(19)20/h8H,1H2. The van der Waals surface area contributed by atoms with E-state index in [1.54, 1.807) is 0 Å². The normalized spacial score (nSPS) is 14.7. The first-order valence-corrected chi connectivity index (χ1v) is 7.53. The van der Waals surface area contributed by atoms with Crippen molar-refractivity contribution in [1.82, 2.24) is 0 Å². The third-order valence-electron chi connectivity index (χ3n) is 3.85. The molecular formula is C14H3F19O. The Morgan fingerprint density at radius 3 is 1.26 bits per heavy atom. The predicted molar refractivity (Wildman–Crippen MR) is 67.5 cm³/mol. The molecule has 0 saturated carbocycles. The van der Waals surface area contributed by atoms with Crippen LogP contribution in [0.15, 0.2) is 0 Å². The van der Waals surface area contributed by atoms with Crippen LogP contribution in [0.5, 0.6) is 5.75 Å². The van der Waals surface area contributed by atoms with E-state index in [1.165, 1.54) is 0 Å². The molecule has 0 heterocycles. The van der Waals surface area contributed by atoms with Crippen LogP contribution in [0.1, 0.15) is 5.56 Å². The minimum absolute atomic E-state index is 3.01. The summed E-state index contributed by atoms with van der Waals surface area (Å²) in [4.78, 5) is 0. The van der Waals surface area contributed by atoms with Crippen LogP contribution < -0.4 is 4.74 Å². The van der Waals surface area contributed by atoms with Crippen LogP contribution in [0.25, 0.3) is 0 Å². The van der Waals surface area contributed by atoms with Crippen molar-refractivity contribution >= 4 is 0 Å². The zero-order valence-corrected chi connectivity index (χ0v) is 14.9. The molecule has 0 bridgehead atoms. The van der Waals surface area contributed by atoms with Crippen molar-refractivity contribution in [2.24, 2.45) is 0 Å². The highest BCUT2D eigenvalue weighted by atomic mass is 19.4. The summed E-state index contributed by atoms with van der Waals surface area (Å²) >= 11 is 0. The number of halogens is 19. The summed E-state index contributed by atoms with van der Waals surface area (Å²) in [6.45, 7) is -3.72. The number of ether oxygens (including phenoxy) is 1. The molecule has 0 atom stereocenters. The topological polar surface area (TPSA) is 9.23 Å². The first kappa shape index (κ1) is 29.7. The molecule has 1 rings (SSSR count). The maximum atomic E-state index is 13.5. The average Bonchev–Trinajstić information content (AvgIpc) is 2.64. The molecule has 0 saturated heterocycles. The van der Waals surface area contributed by atoms with Gasteiger partial charge >= 0.3 is 42.2 Å². The smallest absolute Gasteiger partial charge is 0.422 e. The third-order valence-corrected chi connectivity index (χ3v) is 3.85. The van der Waals surface area contributed by atoms with Crippen molar-refractivity contribution in [2.75, 3.05) is 6.61 Å². The van der Waals surface area contributed by atoms with Gasteiger partial charge in [-0.3, -0.25) is 0 Å². The Hall–Kier alpha value is -2.31. The summed E-state index contributed by atoms with van der Waals surface area (Å²) in [6.07, 6.45) is -12.0. The Balaban J connectivity index is 3.47. The molecular weight excluding hydrogens is 545 g/mol. The maximum absolute atomic E-state index is 13.5. The van der Waals surface area contributed by atoms with Crippen LogP contribution in [0.3, 0.4) is 0 Å². The van der Waals surface area contributed by atoms with Crippen LogP contribution in [0.2, 0.25) is 0 Å². The van der Waals surface area contributed by atoms with Crippen molar-refractivity contribution in [2.45, 2.75) is 42.2 Å². The molecule has 0 aromatic heterocycles. The summed E-state index contributed by atoms with van der Waals surface area (Å²) in [5.41, 5.74) is -3.33. The van der Waals surface area contributed by atoms with Crippen LogP contribution >= 0.6 is 0 Å². The lowest BCUT2D eigenvalue weighted by atomic mass is 9.94. The fourth-order valence-electron chi connectivity index (χ4n) is 2.01. The molecule has 0 aliphatic rings. The van der Waals surface area contributed by atoms with Gasteiger partial charge in [-0.1, -0.05) is 0 Å². The SMILES string of the molecule is Fc1c(F)c(C(F)(F)F)c(F)c(F)c1OCC(F)(F)C(F)(F)C(F)(F)C(F)(F)C(F)(F)C(F)F. The van der Waals surface area contributed by atoms with E-state index in [0.717, 1.165) is 0 Å². The van der Waals surface area contributed by atoms with E-state index >= 15 is 0 Å². The lowest BCUT2D eigenvalue weighted by molar-refractivity contribution is -0.414. The van der Waals surface area contributed by atoms with Gasteiger partial charge in [0, 0.05) is 0 Å². The molecule has 1 aromatic rings. The molecule has 0 amide bonds. The Labute approximate surface area is 173 Å². The van der Waals surface area contributed by atoms with Crippen molar-refractivity contribution < 1.29 is 88.2 Å². The van der Waals surface area contributed by atoms with E-state index in [0.29, 0.717) is 0 Å². The van der Waals surface area contributed by atoms with Crippen molar-refractivity contribution in [3.05, 3.63) is 28.8 Å². The first-order chi connectivity index (χ1) is 14.8. The molecule has 1 aromatic carbocycles. The van der Waals surface area contributed by atoms with Gasteiger partial charge in [-0.05, 0) is 0 Å². The second-order valence-corrected chi connectivity index (χ2v) is 6.10. The zero-order chi connectivity index (χ0) is 27.5. The van der Waals surface area contributed by atoms with Gasteiger partial charge in [-0.2, -0.15) is 65.9 Å². The molecule has 0 unspecified atom stereocenters. The molecule has 0 fully saturated rings. The van der Waals surface area contributed by atoms with Gasteiger partial charge in [-0.15, -0.1) is 0 Å². The largest absolute Gasteiger partial charge is 0.481 e. The summed E-state index contributed by atoms with van der Waals surface area (Å²) in [7, 11) is 0. The maximum Gasteiger partial charge on any atom is 0.422 e. The second kappa shape index (κ2) is 8.42. The number of alkyl halides is 15. The highest BCUT2D eigenvalue weighted by Gasteiger charge is 2.87. The minimum atomic E-state index is -8.06. The van der Waals surface area contributed by atoms with Crippen molar-refractivity contribution in [1.29, 1.82) is 0 Å². The molecule has 0 radical (unpaired) electrons. The van der Waals surface area contributed by atoms with E-state index in [1.807, 2.05) is 0 Å². The number of hydrogen-bond donors (Lipinski definition) is 0. The highest BCUT2D eigenvalue weighted by molar-refractivity contribution is 5.36. The van der Waals surface area contributed by atoms with Crippen molar-refractivity contribution in [3.8, 4) is 5.75 Å². The van der Waals surface area contributed by atoms with Gasteiger partial charge in [0.1, 0.15) is 5.56 Å². The van der Waals surface area contributed by atoms with Crippen molar-refractivity contribution in [3.63, 3.8) is 0 Å². The Morgan fingerprint density at radius 1 is 0.559 bits per heavy atom. The van der Waals surface area contributed by atoms with E-state index in [2.05, 4.69) is 4.74 Å². The molecule has 198 valence electrons. The third kappa shape index (κ3) is 4.27. The van der Waals surface area contributed by atoms with Crippen LogP contribution in [-0.2, 0) is 6.18 Å². The van der Waals surface area contributed by atoms with Gasteiger partial charge in [0.2, 0.25) is 11.6 Å². The fraction of sp³-hybridized carbons (Fsp3) is 0.571. The number of rotatable bonds is 8. The summed E-state index contributed by atoms with van der Waals surface area (Å²) in [6, 6.07) is 0. The van der Waals surface area contributed by atoms with Gasteiger partial charge in [0.15, 0.2) is 24.0 Å². The molecule has 1 nitrogen and oxygen atoms in total. The van der Waals surface area contributed by atoms with Crippen LogP contribution in [0, 0.1) is 23.3 Å². The lowest BCUT2D eigenvalue weighted by Crippen LogP contribution is -2.69. The Bertz CT molecular complexity index is 886. The summed E-state index contributed by atoms with van der Waals surface area (Å²) in [5, 5.41) is 0. The first-order valence-electron chi connectivity index (χ1n) is 7.53. The van der Waals surface area contributed by atoms with E-state index in [9.17, 15) is 83.4 Å². The Morgan fingerprint density at radius 2 is 0.941 bits per heavy atom. The molecule has 0 spiro atoms. The monoisotopic (exact) mass is 548 g/mol. The number of benzene rings is 1. The van der Waals surface area contributed by atoms with Gasteiger partial charge in [0.25, 0.3) is 0 Å². The molecule has 0 aliphatic carbocycles. The summed E-state index contributed by atoms with van der Waals surface area (Å²) < 4.78 is 249. The second-order valence-electron chi connectivity index (χ2n) is 6.10. The van der Waals surface area contributed by atoms with E-state index < -0.39 is 83.4 Å². The molecule has 0 N–H and O–H groups in total. The lowest BCUT2D eigenvalue weighted by Gasteiger charge is -2.39. The zero-order valence-electron chi connectivity index (χ0n) is 14.9. The van der Waals surface area contributed by atoms with Crippen LogP contribution in [0.4, 0.5) is 83.4 Å². The molecule has 34 heavy (non-hydrogen) atoms. The van der Waals surface area contributed by atoms with E-state index in [4.69, 9.17) is 0 Å². The quantitative estimate of drug-likeness (QED) is 0.249. The molecule has 0 aliphatic heterocycles. The predicted octanol–water partition coefficient (Wildman–Crippen LogP) is 7.08. The summed E-state index contributed by atoms with van der Waals surface area (Å²) in [5.74, 6) is -54.6. The average molecular weight is 548 g/mol. The molecule has 20 heteroatoms. The van der Waals surface area contributed by atoms with Gasteiger partial charge in [0.05, 0.1) is 0 Å². The van der Waals surface area contributed by atoms with Crippen LogP contribution in [-0.4, -0.2) is 42.6 Å². The highest BCUT2D eigenvalue weighted by Crippen LogP contribution is 2.58. The van der Waals surface area contributed by atoms with Gasteiger partial charge < -0.3 is 4.74 Å². The fourth-order valence-corrected chi connectivity index (χ4v) is 2.01.